The number of carbonyl (C=O) groups excluding carboxylic acids is 1. The summed E-state index contributed by atoms with van der Waals surface area (Å²) in [5.41, 5.74) is 0.418. The molecule has 0 unspecified atom stereocenters. The van der Waals surface area contributed by atoms with Crippen molar-refractivity contribution in [1.82, 2.24) is 0 Å². The Morgan fingerprint density at radius 1 is 1.37 bits per heavy atom. The van der Waals surface area contributed by atoms with Crippen molar-refractivity contribution in [3.63, 3.8) is 0 Å². The van der Waals surface area contributed by atoms with Gasteiger partial charge < -0.3 is 9.15 Å². The summed E-state index contributed by atoms with van der Waals surface area (Å²) in [6.07, 6.45) is 2.90. The van der Waals surface area contributed by atoms with Crippen molar-refractivity contribution < 1.29 is 13.9 Å². The lowest BCUT2D eigenvalue weighted by molar-refractivity contribution is 0.103. The predicted molar refractivity (Wildman–Crippen MR) is 69.6 cm³/mol. The summed E-state index contributed by atoms with van der Waals surface area (Å²) >= 11 is 0. The third-order valence-electron chi connectivity index (χ3n) is 2.53. The number of ketones is 1. The Kier molecular flexibility index (Phi) is 3.79. The fraction of sp³-hybridized carbons (Fsp3) is 0.0667. The Balaban J connectivity index is 2.34. The van der Waals surface area contributed by atoms with Crippen LogP contribution < -0.4 is 4.74 Å². The summed E-state index contributed by atoms with van der Waals surface area (Å²) in [6.45, 7) is 0. The molecule has 0 aliphatic carbocycles. The molecular weight excluding hydrogens is 242 g/mol. The van der Waals surface area contributed by atoms with Crippen LogP contribution in [0.25, 0.3) is 6.08 Å². The Bertz CT molecular complexity index is 648. The van der Waals surface area contributed by atoms with Crippen molar-refractivity contribution in [2.45, 2.75) is 0 Å². The Morgan fingerprint density at radius 2 is 2.21 bits per heavy atom. The number of nitrogens with zero attached hydrogens (tertiary/aromatic N) is 1. The van der Waals surface area contributed by atoms with E-state index < -0.39 is 0 Å². The summed E-state index contributed by atoms with van der Waals surface area (Å²) in [4.78, 5) is 12.2. The van der Waals surface area contributed by atoms with E-state index in [1.54, 1.807) is 36.4 Å². The average Bonchev–Trinajstić information content (AvgIpc) is 2.97. The SMILES string of the molecule is COc1cccc(C(=O)/C(C#N)=C/c2ccco2)c1. The molecule has 2 rings (SSSR count). The maximum absolute atomic E-state index is 12.2. The van der Waals surface area contributed by atoms with Gasteiger partial charge in [0.15, 0.2) is 0 Å². The molecule has 1 aromatic carbocycles. The molecule has 0 N–H and O–H groups in total. The minimum atomic E-state index is -0.363. The van der Waals surface area contributed by atoms with Gasteiger partial charge in [-0.2, -0.15) is 5.26 Å². The number of allylic oxidation sites excluding steroid dienone is 1. The van der Waals surface area contributed by atoms with Crippen molar-refractivity contribution in [2.24, 2.45) is 0 Å². The highest BCUT2D eigenvalue weighted by atomic mass is 16.5. The smallest absolute Gasteiger partial charge is 0.203 e. The van der Waals surface area contributed by atoms with E-state index in [2.05, 4.69) is 0 Å². The van der Waals surface area contributed by atoms with Crippen LogP contribution in [0.15, 0.2) is 52.7 Å². The highest BCUT2D eigenvalue weighted by molar-refractivity contribution is 6.14. The fourth-order valence-corrected chi connectivity index (χ4v) is 1.58. The third-order valence-corrected chi connectivity index (χ3v) is 2.53. The molecule has 0 spiro atoms. The zero-order valence-electron chi connectivity index (χ0n) is 10.3. The zero-order chi connectivity index (χ0) is 13.7. The van der Waals surface area contributed by atoms with Crippen molar-refractivity contribution in [3.8, 4) is 11.8 Å². The summed E-state index contributed by atoms with van der Waals surface area (Å²) in [7, 11) is 1.52. The minimum absolute atomic E-state index is 0.0169. The number of ether oxygens (including phenoxy) is 1. The van der Waals surface area contributed by atoms with E-state index in [0.29, 0.717) is 17.1 Å². The number of hydrogen-bond donors (Lipinski definition) is 0. The van der Waals surface area contributed by atoms with E-state index in [4.69, 9.17) is 14.4 Å². The van der Waals surface area contributed by atoms with Crippen molar-refractivity contribution in [2.75, 3.05) is 7.11 Å². The van der Waals surface area contributed by atoms with Gasteiger partial charge in [-0.25, -0.2) is 0 Å². The van der Waals surface area contributed by atoms with Crippen LogP contribution in [0.5, 0.6) is 5.75 Å². The first kappa shape index (κ1) is 12.7. The summed E-state index contributed by atoms with van der Waals surface area (Å²) in [5.74, 6) is 0.673. The quantitative estimate of drug-likeness (QED) is 0.477. The second kappa shape index (κ2) is 5.69. The van der Waals surface area contributed by atoms with E-state index in [-0.39, 0.29) is 11.4 Å². The molecule has 94 valence electrons. The molecule has 4 heteroatoms. The normalized spacial score (nSPS) is 10.8. The number of nitriles is 1. The fourth-order valence-electron chi connectivity index (χ4n) is 1.58. The molecule has 1 aromatic heterocycles. The van der Waals surface area contributed by atoms with Gasteiger partial charge >= 0.3 is 0 Å². The maximum Gasteiger partial charge on any atom is 0.203 e. The molecule has 0 aliphatic heterocycles. The number of benzene rings is 1. The topological polar surface area (TPSA) is 63.2 Å². The van der Waals surface area contributed by atoms with Crippen LogP contribution in [0.2, 0.25) is 0 Å². The highest BCUT2D eigenvalue weighted by Gasteiger charge is 2.13. The highest BCUT2D eigenvalue weighted by Crippen LogP contribution is 2.17. The molecule has 1 heterocycles. The molecule has 19 heavy (non-hydrogen) atoms. The molecular formula is C15H11NO3. The van der Waals surface area contributed by atoms with Gasteiger partial charge in [0.25, 0.3) is 0 Å². The number of furan rings is 1. The van der Waals surface area contributed by atoms with Gasteiger partial charge in [0, 0.05) is 11.6 Å². The molecule has 0 atom stereocenters. The first-order valence-electron chi connectivity index (χ1n) is 5.58. The van der Waals surface area contributed by atoms with Gasteiger partial charge in [-0.1, -0.05) is 12.1 Å². The molecule has 0 saturated heterocycles. The monoisotopic (exact) mass is 253 g/mol. The number of rotatable bonds is 4. The van der Waals surface area contributed by atoms with Gasteiger partial charge in [0.1, 0.15) is 23.2 Å². The summed E-state index contributed by atoms with van der Waals surface area (Å²) in [5, 5.41) is 9.07. The molecule has 0 saturated carbocycles. The number of hydrogen-bond acceptors (Lipinski definition) is 4. The van der Waals surface area contributed by atoms with Crippen LogP contribution >= 0.6 is 0 Å². The van der Waals surface area contributed by atoms with Gasteiger partial charge in [0.2, 0.25) is 5.78 Å². The lowest BCUT2D eigenvalue weighted by Gasteiger charge is -2.02. The molecule has 2 aromatic rings. The number of carbonyl (C=O) groups is 1. The van der Waals surface area contributed by atoms with Crippen molar-refractivity contribution in [1.29, 1.82) is 5.26 Å². The predicted octanol–water partition coefficient (Wildman–Crippen LogP) is 3.08. The van der Waals surface area contributed by atoms with Crippen LogP contribution in [0.1, 0.15) is 16.1 Å². The largest absolute Gasteiger partial charge is 0.497 e. The van der Waals surface area contributed by atoms with Crippen molar-refractivity contribution >= 4 is 11.9 Å². The Labute approximate surface area is 110 Å². The molecule has 0 aliphatic rings. The van der Waals surface area contributed by atoms with Crippen LogP contribution in [0.4, 0.5) is 0 Å². The van der Waals surface area contributed by atoms with Crippen LogP contribution in [0.3, 0.4) is 0 Å². The van der Waals surface area contributed by atoms with Crippen LogP contribution in [-0.2, 0) is 0 Å². The number of methoxy groups -OCH3 is 1. The van der Waals surface area contributed by atoms with E-state index in [1.807, 2.05) is 6.07 Å². The van der Waals surface area contributed by atoms with Crippen LogP contribution in [-0.4, -0.2) is 12.9 Å². The van der Waals surface area contributed by atoms with Crippen LogP contribution in [0, 0.1) is 11.3 Å². The van der Waals surface area contributed by atoms with E-state index in [0.717, 1.165) is 0 Å². The lowest BCUT2D eigenvalue weighted by atomic mass is 10.0. The molecule has 0 amide bonds. The molecule has 4 nitrogen and oxygen atoms in total. The van der Waals surface area contributed by atoms with Gasteiger partial charge in [0.05, 0.1) is 13.4 Å². The number of Topliss-reactive ketones (excluding diaryl/α,β-unsaturated/α-hetero) is 1. The molecule has 0 bridgehead atoms. The minimum Gasteiger partial charge on any atom is -0.497 e. The van der Waals surface area contributed by atoms with E-state index in [9.17, 15) is 4.79 Å². The first-order valence-corrected chi connectivity index (χ1v) is 5.58. The third kappa shape index (κ3) is 2.90. The van der Waals surface area contributed by atoms with Gasteiger partial charge in [-0.3, -0.25) is 4.79 Å². The average molecular weight is 253 g/mol. The van der Waals surface area contributed by atoms with E-state index >= 15 is 0 Å². The lowest BCUT2D eigenvalue weighted by Crippen LogP contribution is -2.02. The second-order valence-corrected chi connectivity index (χ2v) is 3.75. The second-order valence-electron chi connectivity index (χ2n) is 3.75. The molecule has 0 fully saturated rings. The summed E-state index contributed by atoms with van der Waals surface area (Å²) < 4.78 is 10.1. The maximum atomic E-state index is 12.2. The standard InChI is InChI=1S/C15H11NO3/c1-18-13-5-2-4-11(8-13)15(17)12(10-16)9-14-6-3-7-19-14/h2-9H,1H3/b12-9+. The Morgan fingerprint density at radius 3 is 2.84 bits per heavy atom. The molecule has 0 radical (unpaired) electrons. The first-order chi connectivity index (χ1) is 9.24. The van der Waals surface area contributed by atoms with Gasteiger partial charge in [-0.15, -0.1) is 0 Å². The van der Waals surface area contributed by atoms with Crippen molar-refractivity contribution in [3.05, 3.63) is 59.6 Å². The Hall–Kier alpha value is -2.80. The zero-order valence-corrected chi connectivity index (χ0v) is 10.3. The van der Waals surface area contributed by atoms with E-state index in [1.165, 1.54) is 19.4 Å². The van der Waals surface area contributed by atoms with Gasteiger partial charge in [-0.05, 0) is 24.3 Å². The summed E-state index contributed by atoms with van der Waals surface area (Å²) in [6, 6.07) is 11.9.